The van der Waals surface area contributed by atoms with Gasteiger partial charge in [-0.1, -0.05) is 59.1 Å². The van der Waals surface area contributed by atoms with E-state index in [9.17, 15) is 9.59 Å². The minimum atomic E-state index is -0.593. The van der Waals surface area contributed by atoms with Crippen molar-refractivity contribution in [1.82, 2.24) is 0 Å². The van der Waals surface area contributed by atoms with Crippen LogP contribution in [-0.2, 0) is 9.59 Å². The highest BCUT2D eigenvalue weighted by atomic mass is 35.5. The predicted molar refractivity (Wildman–Crippen MR) is 88.2 cm³/mol. The monoisotopic (exact) mass is 351 g/mol. The van der Waals surface area contributed by atoms with E-state index in [-0.39, 0.29) is 10.6 Å². The Hall–Kier alpha value is -1.81. The molecule has 0 bridgehead atoms. The molecule has 110 valence electrons. The fraction of sp³-hybridized carbons (Fsp3) is 0. The summed E-state index contributed by atoms with van der Waals surface area (Å²) in [6, 6.07) is 13.1. The molecule has 3 rings (SSSR count). The normalized spacial score (nSPS) is 15.0. The van der Waals surface area contributed by atoms with Gasteiger partial charge >= 0.3 is 0 Å². The second-order valence-electron chi connectivity index (χ2n) is 4.59. The van der Waals surface area contributed by atoms with Crippen LogP contribution in [0.5, 0.6) is 0 Å². The molecule has 2 aromatic carbocycles. The highest BCUT2D eigenvalue weighted by molar-refractivity contribution is 6.60. The fourth-order valence-corrected chi connectivity index (χ4v) is 2.84. The molecule has 0 unspecified atom stereocenters. The van der Waals surface area contributed by atoms with Crippen LogP contribution in [0.15, 0.2) is 53.6 Å². The van der Waals surface area contributed by atoms with Crippen LogP contribution in [0.25, 0.3) is 5.57 Å². The first-order chi connectivity index (χ1) is 10.5. The molecule has 3 nitrogen and oxygen atoms in total. The van der Waals surface area contributed by atoms with Gasteiger partial charge in [0.05, 0.1) is 16.3 Å². The molecule has 0 aromatic heterocycles. The van der Waals surface area contributed by atoms with E-state index in [1.807, 2.05) is 0 Å². The van der Waals surface area contributed by atoms with Crippen LogP contribution in [0.1, 0.15) is 5.56 Å². The topological polar surface area (TPSA) is 37.4 Å². The van der Waals surface area contributed by atoms with Crippen LogP contribution in [0.2, 0.25) is 10.0 Å². The van der Waals surface area contributed by atoms with Crippen molar-refractivity contribution in [2.75, 3.05) is 4.90 Å². The van der Waals surface area contributed by atoms with Crippen LogP contribution in [0.3, 0.4) is 0 Å². The average Bonchev–Trinajstić information content (AvgIpc) is 2.72. The van der Waals surface area contributed by atoms with E-state index in [1.54, 1.807) is 48.5 Å². The molecule has 0 aliphatic carbocycles. The number of rotatable bonds is 2. The fourth-order valence-electron chi connectivity index (χ4n) is 2.22. The summed E-state index contributed by atoms with van der Waals surface area (Å²) in [5.41, 5.74) is 0.979. The minimum absolute atomic E-state index is 0.132. The van der Waals surface area contributed by atoms with Gasteiger partial charge in [0, 0.05) is 5.02 Å². The lowest BCUT2D eigenvalue weighted by molar-refractivity contribution is -0.119. The molecular weight excluding hydrogens is 345 g/mol. The summed E-state index contributed by atoms with van der Waals surface area (Å²) < 4.78 is 0. The molecular formula is C16H8Cl3NO2. The van der Waals surface area contributed by atoms with Crippen molar-refractivity contribution in [2.45, 2.75) is 0 Å². The maximum atomic E-state index is 12.6. The summed E-state index contributed by atoms with van der Waals surface area (Å²) >= 11 is 18.0. The lowest BCUT2D eigenvalue weighted by atomic mass is 10.1. The van der Waals surface area contributed by atoms with Gasteiger partial charge in [0.15, 0.2) is 0 Å². The molecule has 0 atom stereocenters. The van der Waals surface area contributed by atoms with Crippen LogP contribution in [0, 0.1) is 0 Å². The largest absolute Gasteiger partial charge is 0.277 e. The van der Waals surface area contributed by atoms with Crippen molar-refractivity contribution in [3.8, 4) is 0 Å². The Morgan fingerprint density at radius 1 is 0.773 bits per heavy atom. The number of hydrogen-bond donors (Lipinski definition) is 0. The van der Waals surface area contributed by atoms with Gasteiger partial charge in [0.1, 0.15) is 5.03 Å². The van der Waals surface area contributed by atoms with Gasteiger partial charge in [-0.15, -0.1) is 0 Å². The smallest absolute Gasteiger partial charge is 0.268 e. The van der Waals surface area contributed by atoms with E-state index in [0.717, 1.165) is 4.90 Å². The molecule has 1 heterocycles. The summed E-state index contributed by atoms with van der Waals surface area (Å²) in [5.74, 6) is -1.10. The number of para-hydroxylation sites is 1. The average molecular weight is 353 g/mol. The molecule has 2 aromatic rings. The summed E-state index contributed by atoms with van der Waals surface area (Å²) in [7, 11) is 0. The van der Waals surface area contributed by atoms with Crippen LogP contribution in [-0.4, -0.2) is 11.8 Å². The Labute approximate surface area is 141 Å². The first kappa shape index (κ1) is 15.1. The Kier molecular flexibility index (Phi) is 3.96. The van der Waals surface area contributed by atoms with Crippen molar-refractivity contribution in [2.24, 2.45) is 0 Å². The molecule has 2 amide bonds. The number of amides is 2. The van der Waals surface area contributed by atoms with Crippen molar-refractivity contribution in [1.29, 1.82) is 0 Å². The molecule has 0 saturated carbocycles. The van der Waals surface area contributed by atoms with Crippen LogP contribution in [0.4, 0.5) is 5.69 Å². The Morgan fingerprint density at radius 3 is 2.05 bits per heavy atom. The third kappa shape index (κ3) is 2.41. The van der Waals surface area contributed by atoms with E-state index in [0.29, 0.717) is 21.3 Å². The van der Waals surface area contributed by atoms with Crippen molar-refractivity contribution in [3.05, 3.63) is 69.2 Å². The molecule has 1 aliphatic heterocycles. The zero-order valence-corrected chi connectivity index (χ0v) is 13.3. The third-order valence-corrected chi connectivity index (χ3v) is 4.18. The van der Waals surface area contributed by atoms with Gasteiger partial charge in [-0.3, -0.25) is 9.59 Å². The van der Waals surface area contributed by atoms with Gasteiger partial charge < -0.3 is 0 Å². The first-order valence-corrected chi connectivity index (χ1v) is 7.43. The zero-order chi connectivity index (χ0) is 15.9. The molecule has 0 radical (unpaired) electrons. The molecule has 1 aliphatic rings. The minimum Gasteiger partial charge on any atom is -0.268 e. The number of nitrogens with zero attached hydrogens (tertiary/aromatic N) is 1. The lowest BCUT2D eigenvalue weighted by Gasteiger charge is -2.16. The van der Waals surface area contributed by atoms with Crippen LogP contribution >= 0.6 is 34.8 Å². The van der Waals surface area contributed by atoms with Gasteiger partial charge in [-0.2, -0.15) is 0 Å². The molecule has 0 spiro atoms. The number of carbonyl (C=O) groups is 2. The quantitative estimate of drug-likeness (QED) is 0.745. The Bertz CT molecular complexity index is 812. The Morgan fingerprint density at radius 2 is 1.41 bits per heavy atom. The summed E-state index contributed by atoms with van der Waals surface area (Å²) in [6.45, 7) is 0. The summed E-state index contributed by atoms with van der Waals surface area (Å²) in [6.07, 6.45) is 0. The number of imide groups is 1. The summed E-state index contributed by atoms with van der Waals surface area (Å²) in [4.78, 5) is 26.0. The second kappa shape index (κ2) is 5.76. The third-order valence-electron chi connectivity index (χ3n) is 3.25. The standard InChI is InChI=1S/C16H8Cl3NO2/c17-10-7-5-9(6-8-10)13-14(19)16(22)20(15(13)21)12-4-2-1-3-11(12)18/h1-8H. The van der Waals surface area contributed by atoms with E-state index in [1.165, 1.54) is 0 Å². The predicted octanol–water partition coefficient (Wildman–Crippen LogP) is 4.52. The van der Waals surface area contributed by atoms with Crippen LogP contribution < -0.4 is 4.90 Å². The molecule has 6 heteroatoms. The second-order valence-corrected chi connectivity index (χ2v) is 5.81. The van der Waals surface area contributed by atoms with Gasteiger partial charge in [-0.05, 0) is 29.8 Å². The number of anilines is 1. The maximum absolute atomic E-state index is 12.6. The van der Waals surface area contributed by atoms with E-state index in [2.05, 4.69) is 0 Å². The number of hydrogen-bond acceptors (Lipinski definition) is 2. The molecule has 0 N–H and O–H groups in total. The summed E-state index contributed by atoms with van der Waals surface area (Å²) in [5, 5.41) is 0.693. The van der Waals surface area contributed by atoms with Crippen molar-refractivity contribution in [3.63, 3.8) is 0 Å². The maximum Gasteiger partial charge on any atom is 0.277 e. The molecule has 0 saturated heterocycles. The van der Waals surface area contributed by atoms with E-state index in [4.69, 9.17) is 34.8 Å². The SMILES string of the molecule is O=C1C(Cl)=C(c2ccc(Cl)cc2)C(=O)N1c1ccccc1Cl. The first-order valence-electron chi connectivity index (χ1n) is 6.29. The number of benzene rings is 2. The lowest BCUT2D eigenvalue weighted by Crippen LogP contribution is -2.31. The zero-order valence-electron chi connectivity index (χ0n) is 11.0. The van der Waals surface area contributed by atoms with Gasteiger partial charge in [-0.25, -0.2) is 4.90 Å². The molecule has 0 fully saturated rings. The van der Waals surface area contributed by atoms with Crippen molar-refractivity contribution < 1.29 is 9.59 Å². The highest BCUT2D eigenvalue weighted by Crippen LogP contribution is 2.37. The Balaban J connectivity index is 2.08. The van der Waals surface area contributed by atoms with Gasteiger partial charge in [0.25, 0.3) is 11.8 Å². The van der Waals surface area contributed by atoms with E-state index < -0.39 is 11.8 Å². The highest BCUT2D eigenvalue weighted by Gasteiger charge is 2.39. The molecule has 22 heavy (non-hydrogen) atoms. The van der Waals surface area contributed by atoms with Gasteiger partial charge in [0.2, 0.25) is 0 Å². The number of halogens is 3. The number of carbonyl (C=O) groups excluding carboxylic acids is 2. The van der Waals surface area contributed by atoms with Crippen molar-refractivity contribution >= 4 is 57.9 Å². The van der Waals surface area contributed by atoms with E-state index >= 15 is 0 Å².